The summed E-state index contributed by atoms with van der Waals surface area (Å²) in [5.41, 5.74) is 6.82. The first kappa shape index (κ1) is 16.7. The standard InChI is InChI=1S/C19H22ClN3O/c1-2-19(15-3-9-18(24)10-4-15)21-23-13-11-22(12-14-23)17-7-5-16(20)6-8-17/h2-10,21,24H,11-14H2,1H3/b19-2-. The fourth-order valence-corrected chi connectivity index (χ4v) is 2.96. The zero-order chi connectivity index (χ0) is 16.9. The van der Waals surface area contributed by atoms with Gasteiger partial charge in [-0.1, -0.05) is 17.7 Å². The molecule has 126 valence electrons. The summed E-state index contributed by atoms with van der Waals surface area (Å²) < 4.78 is 0. The van der Waals surface area contributed by atoms with E-state index in [-0.39, 0.29) is 5.75 Å². The monoisotopic (exact) mass is 343 g/mol. The zero-order valence-electron chi connectivity index (χ0n) is 13.7. The van der Waals surface area contributed by atoms with Crippen LogP contribution in [-0.2, 0) is 0 Å². The fourth-order valence-electron chi connectivity index (χ4n) is 2.84. The molecule has 1 aliphatic rings. The van der Waals surface area contributed by atoms with Gasteiger partial charge in [0, 0.05) is 36.9 Å². The van der Waals surface area contributed by atoms with E-state index in [2.05, 4.69) is 33.5 Å². The first-order chi connectivity index (χ1) is 11.7. The SMILES string of the molecule is C/C=C(\NN1CCN(c2ccc(Cl)cc2)CC1)c1ccc(O)cc1. The van der Waals surface area contributed by atoms with Crippen molar-refractivity contribution in [2.45, 2.75) is 6.92 Å². The van der Waals surface area contributed by atoms with Crippen LogP contribution in [0.3, 0.4) is 0 Å². The van der Waals surface area contributed by atoms with Gasteiger partial charge in [0.05, 0.1) is 5.70 Å². The average Bonchev–Trinajstić information content (AvgIpc) is 2.62. The lowest BCUT2D eigenvalue weighted by Crippen LogP contribution is -2.51. The second-order valence-electron chi connectivity index (χ2n) is 5.81. The third kappa shape index (κ3) is 4.02. The van der Waals surface area contributed by atoms with Crippen molar-refractivity contribution in [1.82, 2.24) is 10.4 Å². The Balaban J connectivity index is 1.58. The number of benzene rings is 2. The second kappa shape index (κ2) is 7.60. The van der Waals surface area contributed by atoms with Crippen molar-refractivity contribution in [3.05, 3.63) is 65.2 Å². The molecule has 0 saturated carbocycles. The van der Waals surface area contributed by atoms with E-state index in [1.165, 1.54) is 5.69 Å². The Bertz CT molecular complexity index is 690. The van der Waals surface area contributed by atoms with Gasteiger partial charge in [-0.15, -0.1) is 0 Å². The summed E-state index contributed by atoms with van der Waals surface area (Å²) in [6, 6.07) is 15.3. The van der Waals surface area contributed by atoms with Gasteiger partial charge in [0.1, 0.15) is 5.75 Å². The van der Waals surface area contributed by atoms with E-state index in [1.54, 1.807) is 12.1 Å². The number of phenolic OH excluding ortho intramolecular Hbond substituents is 1. The van der Waals surface area contributed by atoms with Crippen LogP contribution >= 0.6 is 11.6 Å². The Morgan fingerprint density at radius 2 is 1.62 bits per heavy atom. The highest BCUT2D eigenvalue weighted by molar-refractivity contribution is 6.30. The Morgan fingerprint density at radius 3 is 2.21 bits per heavy atom. The molecule has 1 aliphatic heterocycles. The summed E-state index contributed by atoms with van der Waals surface area (Å²) in [6.07, 6.45) is 2.05. The molecule has 2 aromatic carbocycles. The van der Waals surface area contributed by atoms with E-state index in [9.17, 15) is 5.11 Å². The molecule has 1 saturated heterocycles. The zero-order valence-corrected chi connectivity index (χ0v) is 14.5. The van der Waals surface area contributed by atoms with Crippen LogP contribution < -0.4 is 10.3 Å². The number of hydrogen-bond donors (Lipinski definition) is 2. The van der Waals surface area contributed by atoms with E-state index in [1.807, 2.05) is 31.2 Å². The Kier molecular flexibility index (Phi) is 5.28. The highest BCUT2D eigenvalue weighted by Crippen LogP contribution is 2.20. The number of hydrazine groups is 1. The number of rotatable bonds is 4. The molecule has 2 N–H and O–H groups in total. The van der Waals surface area contributed by atoms with Crippen LogP contribution in [0.15, 0.2) is 54.6 Å². The first-order valence-corrected chi connectivity index (χ1v) is 8.51. The van der Waals surface area contributed by atoms with Crippen molar-refractivity contribution in [3.63, 3.8) is 0 Å². The molecule has 0 radical (unpaired) electrons. The summed E-state index contributed by atoms with van der Waals surface area (Å²) in [6.45, 7) is 5.79. The van der Waals surface area contributed by atoms with Gasteiger partial charge in [-0.25, -0.2) is 5.01 Å². The number of halogens is 1. The number of hydrogen-bond acceptors (Lipinski definition) is 4. The van der Waals surface area contributed by atoms with E-state index in [0.29, 0.717) is 0 Å². The molecule has 2 aromatic rings. The van der Waals surface area contributed by atoms with Gasteiger partial charge in [-0.05, 0) is 61.0 Å². The maximum atomic E-state index is 9.42. The highest BCUT2D eigenvalue weighted by Gasteiger charge is 2.18. The van der Waals surface area contributed by atoms with Crippen molar-refractivity contribution in [3.8, 4) is 5.75 Å². The minimum atomic E-state index is 0.283. The average molecular weight is 344 g/mol. The summed E-state index contributed by atoms with van der Waals surface area (Å²) in [5, 5.41) is 12.4. The Morgan fingerprint density at radius 1 is 1.00 bits per heavy atom. The number of nitrogens with one attached hydrogen (secondary N) is 1. The summed E-state index contributed by atoms with van der Waals surface area (Å²) in [5.74, 6) is 0.283. The number of anilines is 1. The van der Waals surface area contributed by atoms with Gasteiger partial charge < -0.3 is 15.4 Å². The number of phenols is 1. The van der Waals surface area contributed by atoms with E-state index in [4.69, 9.17) is 11.6 Å². The van der Waals surface area contributed by atoms with E-state index >= 15 is 0 Å². The summed E-state index contributed by atoms with van der Waals surface area (Å²) >= 11 is 5.96. The highest BCUT2D eigenvalue weighted by atomic mass is 35.5. The van der Waals surface area contributed by atoms with Crippen LogP contribution in [-0.4, -0.2) is 36.3 Å². The molecule has 0 bridgehead atoms. The lowest BCUT2D eigenvalue weighted by atomic mass is 10.1. The molecule has 0 aromatic heterocycles. The predicted octanol–water partition coefficient (Wildman–Crippen LogP) is 3.73. The Hall–Kier alpha value is -2.17. The molecular formula is C19H22ClN3O. The van der Waals surface area contributed by atoms with Crippen LogP contribution in [0.25, 0.3) is 5.70 Å². The smallest absolute Gasteiger partial charge is 0.115 e. The molecule has 24 heavy (non-hydrogen) atoms. The minimum absolute atomic E-state index is 0.283. The van der Waals surface area contributed by atoms with Gasteiger partial charge in [0.15, 0.2) is 0 Å². The van der Waals surface area contributed by atoms with Gasteiger partial charge in [0.25, 0.3) is 0 Å². The molecular weight excluding hydrogens is 322 g/mol. The molecule has 5 heteroatoms. The van der Waals surface area contributed by atoms with E-state index < -0.39 is 0 Å². The quantitative estimate of drug-likeness (QED) is 0.887. The second-order valence-corrected chi connectivity index (χ2v) is 6.25. The van der Waals surface area contributed by atoms with Gasteiger partial charge in [0.2, 0.25) is 0 Å². The van der Waals surface area contributed by atoms with Crippen LogP contribution in [0.5, 0.6) is 5.75 Å². The normalized spacial score (nSPS) is 16.2. The number of piperazine rings is 1. The topological polar surface area (TPSA) is 38.7 Å². The molecule has 4 nitrogen and oxygen atoms in total. The third-order valence-corrected chi connectivity index (χ3v) is 4.47. The molecule has 3 rings (SSSR count). The number of allylic oxidation sites excluding steroid dienone is 1. The summed E-state index contributed by atoms with van der Waals surface area (Å²) in [4.78, 5) is 2.37. The molecule has 1 fully saturated rings. The lowest BCUT2D eigenvalue weighted by molar-refractivity contribution is 0.215. The van der Waals surface area contributed by atoms with Crippen LogP contribution in [0, 0.1) is 0 Å². The van der Waals surface area contributed by atoms with Crippen molar-refractivity contribution >= 4 is 23.0 Å². The predicted molar refractivity (Wildman–Crippen MR) is 100 cm³/mol. The molecule has 0 aliphatic carbocycles. The molecule has 0 spiro atoms. The molecule has 0 unspecified atom stereocenters. The van der Waals surface area contributed by atoms with Crippen molar-refractivity contribution in [2.75, 3.05) is 31.1 Å². The molecule has 0 amide bonds. The van der Waals surface area contributed by atoms with Crippen molar-refractivity contribution in [1.29, 1.82) is 0 Å². The largest absolute Gasteiger partial charge is 0.508 e. The van der Waals surface area contributed by atoms with E-state index in [0.717, 1.165) is 42.5 Å². The number of nitrogens with zero attached hydrogens (tertiary/aromatic N) is 2. The van der Waals surface area contributed by atoms with Gasteiger partial charge in [-0.2, -0.15) is 0 Å². The third-order valence-electron chi connectivity index (χ3n) is 4.22. The minimum Gasteiger partial charge on any atom is -0.508 e. The van der Waals surface area contributed by atoms with Crippen LogP contribution in [0.4, 0.5) is 5.69 Å². The maximum Gasteiger partial charge on any atom is 0.115 e. The van der Waals surface area contributed by atoms with Crippen LogP contribution in [0.2, 0.25) is 5.02 Å². The van der Waals surface area contributed by atoms with Gasteiger partial charge >= 0.3 is 0 Å². The molecule has 1 heterocycles. The Labute approximate surface area is 147 Å². The first-order valence-electron chi connectivity index (χ1n) is 8.13. The van der Waals surface area contributed by atoms with Crippen LogP contribution in [0.1, 0.15) is 12.5 Å². The maximum absolute atomic E-state index is 9.42. The van der Waals surface area contributed by atoms with Crippen molar-refractivity contribution < 1.29 is 5.11 Å². The fraction of sp³-hybridized carbons (Fsp3) is 0.263. The lowest BCUT2D eigenvalue weighted by Gasteiger charge is -2.37. The molecule has 0 atom stereocenters. The van der Waals surface area contributed by atoms with Crippen molar-refractivity contribution in [2.24, 2.45) is 0 Å². The van der Waals surface area contributed by atoms with Gasteiger partial charge in [-0.3, -0.25) is 0 Å². The number of aromatic hydroxyl groups is 1. The summed E-state index contributed by atoms with van der Waals surface area (Å²) in [7, 11) is 0.